The van der Waals surface area contributed by atoms with E-state index in [0.717, 1.165) is 82.8 Å². The lowest BCUT2D eigenvalue weighted by Crippen LogP contribution is -2.25. The van der Waals surface area contributed by atoms with Gasteiger partial charge < -0.3 is 8.83 Å². The van der Waals surface area contributed by atoms with E-state index in [9.17, 15) is 0 Å². The van der Waals surface area contributed by atoms with Gasteiger partial charge in [0.25, 0.3) is 0 Å². The molecule has 0 unspecified atom stereocenters. The van der Waals surface area contributed by atoms with Crippen LogP contribution in [0.15, 0.2) is 233 Å². The van der Waals surface area contributed by atoms with E-state index in [2.05, 4.69) is 182 Å². The highest BCUT2D eigenvalue weighted by atomic mass is 16.3. The summed E-state index contributed by atoms with van der Waals surface area (Å²) in [7, 11) is 0. The number of hydrogen-bond donors (Lipinski definition) is 0. The number of fused-ring (bicyclic) bond motifs is 16. The van der Waals surface area contributed by atoms with E-state index in [-0.39, 0.29) is 0 Å². The van der Waals surface area contributed by atoms with Gasteiger partial charge in [-0.1, -0.05) is 176 Å². The van der Waals surface area contributed by atoms with E-state index in [4.69, 9.17) is 23.8 Å². The predicted octanol–water partition coefficient (Wildman–Crippen LogP) is 16.3. The van der Waals surface area contributed by atoms with Crippen molar-refractivity contribution >= 4 is 43.9 Å². The Balaban J connectivity index is 0.916. The third-order valence-corrected chi connectivity index (χ3v) is 14.6. The molecule has 0 saturated carbocycles. The molecular formula is C64H37N3O2. The second kappa shape index (κ2) is 14.4. The van der Waals surface area contributed by atoms with Crippen molar-refractivity contribution in [1.29, 1.82) is 0 Å². The molecule has 0 N–H and O–H groups in total. The normalized spacial score (nSPS) is 13.0. The topological polar surface area (TPSA) is 65.0 Å². The van der Waals surface area contributed by atoms with Crippen LogP contribution in [-0.4, -0.2) is 15.0 Å². The van der Waals surface area contributed by atoms with Crippen LogP contribution in [0.1, 0.15) is 22.3 Å². The fourth-order valence-electron chi connectivity index (χ4n) is 11.6. The molecule has 0 radical (unpaired) electrons. The van der Waals surface area contributed by atoms with Gasteiger partial charge in [0.2, 0.25) is 0 Å². The lowest BCUT2D eigenvalue weighted by molar-refractivity contribution is 0.668. The molecule has 0 atom stereocenters. The van der Waals surface area contributed by atoms with Crippen molar-refractivity contribution in [3.63, 3.8) is 0 Å². The lowest BCUT2D eigenvalue weighted by atomic mass is 9.70. The Labute approximate surface area is 396 Å². The van der Waals surface area contributed by atoms with Crippen molar-refractivity contribution in [3.8, 4) is 78.7 Å². The van der Waals surface area contributed by atoms with E-state index in [0.29, 0.717) is 17.5 Å². The minimum atomic E-state index is -0.432. The molecule has 0 saturated heterocycles. The average Bonchev–Trinajstić information content (AvgIpc) is 4.16. The second-order valence-corrected chi connectivity index (χ2v) is 18.2. The van der Waals surface area contributed by atoms with E-state index >= 15 is 0 Å². The molecule has 69 heavy (non-hydrogen) atoms. The summed E-state index contributed by atoms with van der Waals surface area (Å²) in [5, 5.41) is 4.06. The van der Waals surface area contributed by atoms with Crippen LogP contribution in [-0.2, 0) is 5.41 Å². The van der Waals surface area contributed by atoms with Crippen molar-refractivity contribution in [2.24, 2.45) is 0 Å². The zero-order valence-corrected chi connectivity index (χ0v) is 37.0. The van der Waals surface area contributed by atoms with Gasteiger partial charge in [-0.3, -0.25) is 0 Å². The second-order valence-electron chi connectivity index (χ2n) is 18.2. The van der Waals surface area contributed by atoms with Gasteiger partial charge in [-0.2, -0.15) is 0 Å². The zero-order valence-electron chi connectivity index (χ0n) is 37.0. The number of rotatable bonds is 5. The van der Waals surface area contributed by atoms with Crippen molar-refractivity contribution in [2.75, 3.05) is 0 Å². The standard InChI is InChI=1S/C64H37N3O2/c1-2-14-38(15-3-1)39-16-12-17-42(34-39)61-65-62(43-29-32-49-48-21-7-11-26-56(48)69-59(49)37-43)67-63(66-61)50-22-13-27-58-60(50)51-35-40(30-33-57(51)68-58)41-28-31-47-46-20-6-10-25-54(46)64(55(47)36-41)52-23-8-4-18-44(52)45-19-5-9-24-53(45)64/h1-37H. The van der Waals surface area contributed by atoms with Crippen LogP contribution in [0.25, 0.3) is 123 Å². The van der Waals surface area contributed by atoms with Gasteiger partial charge in [0, 0.05) is 38.2 Å². The highest BCUT2D eigenvalue weighted by Crippen LogP contribution is 2.63. The SMILES string of the molecule is c1ccc(-c2cccc(-c3nc(-c4ccc5c(c4)oc4ccccc45)nc(-c4cccc5oc6ccc(-c7ccc8c(c7)C7(c9ccccc9-c9ccccc97)c7ccccc7-8)cc6c45)n3)c2)cc1. The van der Waals surface area contributed by atoms with Gasteiger partial charge in [-0.15, -0.1) is 0 Å². The molecule has 0 amide bonds. The Hall–Kier alpha value is -9.19. The average molecular weight is 880 g/mol. The lowest BCUT2D eigenvalue weighted by Gasteiger charge is -2.30. The van der Waals surface area contributed by atoms with Gasteiger partial charge in [0.1, 0.15) is 22.3 Å². The third-order valence-electron chi connectivity index (χ3n) is 14.6. The third kappa shape index (κ3) is 5.50. The van der Waals surface area contributed by atoms with Gasteiger partial charge in [0.15, 0.2) is 17.5 Å². The Morgan fingerprint density at radius 1 is 0.261 bits per heavy atom. The van der Waals surface area contributed by atoms with Crippen molar-refractivity contribution in [1.82, 2.24) is 15.0 Å². The number of hydrogen-bond acceptors (Lipinski definition) is 5. The van der Waals surface area contributed by atoms with Crippen molar-refractivity contribution in [3.05, 3.63) is 247 Å². The highest BCUT2D eigenvalue weighted by molar-refractivity contribution is 6.13. The van der Waals surface area contributed by atoms with Gasteiger partial charge in [-0.25, -0.2) is 15.0 Å². The summed E-state index contributed by atoms with van der Waals surface area (Å²) in [6.45, 7) is 0. The summed E-state index contributed by atoms with van der Waals surface area (Å²) in [6.07, 6.45) is 0. The molecule has 10 aromatic carbocycles. The van der Waals surface area contributed by atoms with Crippen molar-refractivity contribution < 1.29 is 8.83 Å². The molecule has 2 aliphatic carbocycles. The Morgan fingerprint density at radius 3 is 1.52 bits per heavy atom. The molecule has 2 aliphatic rings. The predicted molar refractivity (Wildman–Crippen MR) is 278 cm³/mol. The van der Waals surface area contributed by atoms with Crippen LogP contribution in [0.3, 0.4) is 0 Å². The summed E-state index contributed by atoms with van der Waals surface area (Å²) in [4.78, 5) is 15.8. The molecule has 320 valence electrons. The maximum Gasteiger partial charge on any atom is 0.164 e. The van der Waals surface area contributed by atoms with E-state index in [1.807, 2.05) is 42.5 Å². The molecule has 0 fully saturated rings. The van der Waals surface area contributed by atoms with Crippen LogP contribution < -0.4 is 0 Å². The Bertz CT molecular complexity index is 4210. The number of aromatic nitrogens is 3. The molecule has 5 heteroatoms. The fourth-order valence-corrected chi connectivity index (χ4v) is 11.6. The molecular weight excluding hydrogens is 843 g/mol. The van der Waals surface area contributed by atoms with Crippen LogP contribution in [0.5, 0.6) is 0 Å². The summed E-state index contributed by atoms with van der Waals surface area (Å²) < 4.78 is 13.0. The first-order valence-corrected chi connectivity index (χ1v) is 23.4. The van der Waals surface area contributed by atoms with Crippen molar-refractivity contribution in [2.45, 2.75) is 5.41 Å². The molecule has 0 bridgehead atoms. The molecule has 3 heterocycles. The summed E-state index contributed by atoms with van der Waals surface area (Å²) in [6, 6.07) is 79.8. The minimum absolute atomic E-state index is 0.432. The van der Waals surface area contributed by atoms with Gasteiger partial charge in [0.05, 0.1) is 5.41 Å². The number of nitrogens with zero attached hydrogens (tertiary/aromatic N) is 3. The van der Waals surface area contributed by atoms with E-state index in [1.165, 1.54) is 44.5 Å². The molecule has 5 nitrogen and oxygen atoms in total. The first-order chi connectivity index (χ1) is 34.2. The maximum absolute atomic E-state index is 6.66. The van der Waals surface area contributed by atoms with Crippen LogP contribution in [0, 0.1) is 0 Å². The van der Waals surface area contributed by atoms with E-state index < -0.39 is 5.41 Å². The minimum Gasteiger partial charge on any atom is -0.456 e. The highest BCUT2D eigenvalue weighted by Gasteiger charge is 2.51. The molecule has 3 aromatic heterocycles. The molecule has 0 aliphatic heterocycles. The first kappa shape index (κ1) is 38.0. The van der Waals surface area contributed by atoms with Gasteiger partial charge in [-0.05, 0) is 115 Å². The largest absolute Gasteiger partial charge is 0.456 e. The molecule has 15 rings (SSSR count). The quantitative estimate of drug-likeness (QED) is 0.172. The number of benzene rings is 10. The summed E-state index contributed by atoms with van der Waals surface area (Å²) in [5.41, 5.74) is 20.2. The molecule has 13 aromatic rings. The summed E-state index contributed by atoms with van der Waals surface area (Å²) >= 11 is 0. The van der Waals surface area contributed by atoms with E-state index in [1.54, 1.807) is 0 Å². The zero-order chi connectivity index (χ0) is 45.2. The monoisotopic (exact) mass is 879 g/mol. The first-order valence-electron chi connectivity index (χ1n) is 23.4. The molecule has 1 spiro atoms. The van der Waals surface area contributed by atoms with Crippen LogP contribution in [0.4, 0.5) is 0 Å². The fraction of sp³-hybridized carbons (Fsp3) is 0.0156. The van der Waals surface area contributed by atoms with Gasteiger partial charge >= 0.3 is 0 Å². The summed E-state index contributed by atoms with van der Waals surface area (Å²) in [5.74, 6) is 1.68. The van der Waals surface area contributed by atoms with Crippen LogP contribution in [0.2, 0.25) is 0 Å². The van der Waals surface area contributed by atoms with Crippen LogP contribution >= 0.6 is 0 Å². The Kier molecular flexibility index (Phi) is 7.93. The maximum atomic E-state index is 6.66. The smallest absolute Gasteiger partial charge is 0.164 e. The number of para-hydroxylation sites is 1. The Morgan fingerprint density at radius 2 is 0.754 bits per heavy atom. The number of furan rings is 2.